The summed E-state index contributed by atoms with van der Waals surface area (Å²) in [5.41, 5.74) is 0. The maximum atomic E-state index is 4.48. The van der Waals surface area contributed by atoms with Gasteiger partial charge < -0.3 is 9.88 Å². The number of rotatable bonds is 7. The van der Waals surface area contributed by atoms with E-state index in [1.165, 1.54) is 25.7 Å². The van der Waals surface area contributed by atoms with Gasteiger partial charge in [0, 0.05) is 43.6 Å². The Morgan fingerprint density at radius 3 is 2.50 bits per heavy atom. The predicted octanol–water partition coefficient (Wildman–Crippen LogP) is 3.53. The van der Waals surface area contributed by atoms with Crippen molar-refractivity contribution in [3.8, 4) is 0 Å². The zero-order valence-electron chi connectivity index (χ0n) is 13.5. The molecule has 0 atom stereocenters. The number of imidazole rings is 1. The third kappa shape index (κ3) is 3.75. The van der Waals surface area contributed by atoms with Gasteiger partial charge in [-0.1, -0.05) is 12.8 Å². The molecule has 0 aromatic carbocycles. The molecule has 2 rings (SSSR count). The molecule has 1 saturated carbocycles. The molecule has 20 heavy (non-hydrogen) atoms. The Labute approximate surface area is 123 Å². The lowest BCUT2D eigenvalue weighted by atomic mass is 10.2. The van der Waals surface area contributed by atoms with Crippen molar-refractivity contribution in [3.05, 3.63) is 12.4 Å². The molecule has 0 unspecified atom stereocenters. The summed E-state index contributed by atoms with van der Waals surface area (Å²) in [6, 6.07) is 1.84. The van der Waals surface area contributed by atoms with Gasteiger partial charge in [0.1, 0.15) is 0 Å². The van der Waals surface area contributed by atoms with Crippen molar-refractivity contribution in [3.63, 3.8) is 0 Å². The molecule has 1 aromatic rings. The van der Waals surface area contributed by atoms with E-state index in [1.807, 2.05) is 6.20 Å². The lowest BCUT2D eigenvalue weighted by Gasteiger charge is -2.30. The summed E-state index contributed by atoms with van der Waals surface area (Å²) in [6.07, 6.45) is 9.36. The highest BCUT2D eigenvalue weighted by molar-refractivity contribution is 5.26. The first kappa shape index (κ1) is 15.4. The van der Waals surface area contributed by atoms with Crippen molar-refractivity contribution in [1.29, 1.82) is 0 Å². The van der Waals surface area contributed by atoms with Crippen LogP contribution in [0, 0.1) is 0 Å². The predicted molar refractivity (Wildman–Crippen MR) is 85.2 cm³/mol. The number of aromatic nitrogens is 2. The molecule has 114 valence electrons. The summed E-state index contributed by atoms with van der Waals surface area (Å²) in [6.45, 7) is 11.1. The Kier molecular flexibility index (Phi) is 5.46. The lowest BCUT2D eigenvalue weighted by molar-refractivity contribution is 0.182. The van der Waals surface area contributed by atoms with E-state index < -0.39 is 0 Å². The van der Waals surface area contributed by atoms with E-state index >= 15 is 0 Å². The van der Waals surface area contributed by atoms with E-state index in [0.717, 1.165) is 19.0 Å². The minimum atomic E-state index is 0.589. The summed E-state index contributed by atoms with van der Waals surface area (Å²) in [4.78, 5) is 6.99. The van der Waals surface area contributed by atoms with E-state index in [-0.39, 0.29) is 0 Å². The van der Waals surface area contributed by atoms with Gasteiger partial charge in [0.15, 0.2) is 0 Å². The molecule has 1 heterocycles. The second kappa shape index (κ2) is 7.11. The second-order valence-electron chi connectivity index (χ2n) is 6.45. The van der Waals surface area contributed by atoms with Gasteiger partial charge in [-0.3, -0.25) is 4.90 Å². The van der Waals surface area contributed by atoms with Gasteiger partial charge in [-0.15, -0.1) is 0 Å². The maximum absolute atomic E-state index is 4.48. The highest BCUT2D eigenvalue weighted by atomic mass is 15.2. The molecule has 4 nitrogen and oxygen atoms in total. The van der Waals surface area contributed by atoms with Gasteiger partial charge in [0.2, 0.25) is 5.95 Å². The van der Waals surface area contributed by atoms with Crippen molar-refractivity contribution < 1.29 is 0 Å². The van der Waals surface area contributed by atoms with Crippen LogP contribution in [0.5, 0.6) is 0 Å². The van der Waals surface area contributed by atoms with Crippen LogP contribution in [0.25, 0.3) is 0 Å². The third-order valence-electron chi connectivity index (χ3n) is 4.37. The number of nitrogens with zero attached hydrogens (tertiary/aromatic N) is 3. The molecule has 0 amide bonds. The second-order valence-corrected chi connectivity index (χ2v) is 6.45. The van der Waals surface area contributed by atoms with Crippen LogP contribution in [0.1, 0.15) is 59.4 Å². The molecule has 1 aliphatic carbocycles. The van der Waals surface area contributed by atoms with E-state index in [2.05, 4.69) is 53.7 Å². The quantitative estimate of drug-likeness (QED) is 0.828. The highest BCUT2D eigenvalue weighted by Gasteiger charge is 2.19. The number of hydrogen-bond acceptors (Lipinski definition) is 3. The van der Waals surface area contributed by atoms with Crippen LogP contribution in [-0.4, -0.2) is 39.6 Å². The molecule has 1 N–H and O–H groups in total. The smallest absolute Gasteiger partial charge is 0.203 e. The summed E-state index contributed by atoms with van der Waals surface area (Å²) in [5, 5.41) is 3.52. The molecule has 0 bridgehead atoms. The topological polar surface area (TPSA) is 33.1 Å². The molecule has 1 aromatic heterocycles. The summed E-state index contributed by atoms with van der Waals surface area (Å²) in [5.74, 6) is 1.05. The molecule has 4 heteroatoms. The number of nitrogens with one attached hydrogen (secondary N) is 1. The Balaban J connectivity index is 1.86. The fourth-order valence-corrected chi connectivity index (χ4v) is 3.34. The summed E-state index contributed by atoms with van der Waals surface area (Å²) < 4.78 is 2.34. The summed E-state index contributed by atoms with van der Waals surface area (Å²) >= 11 is 0. The SMILES string of the molecule is CC(C)N(CCNc1nccn1C1CCCC1)C(C)C. The van der Waals surface area contributed by atoms with E-state index in [4.69, 9.17) is 0 Å². The Morgan fingerprint density at radius 2 is 1.90 bits per heavy atom. The maximum Gasteiger partial charge on any atom is 0.203 e. The Bertz CT molecular complexity index is 383. The molecule has 0 saturated heterocycles. The fraction of sp³-hybridized carbons (Fsp3) is 0.812. The molecule has 0 spiro atoms. The summed E-state index contributed by atoms with van der Waals surface area (Å²) in [7, 11) is 0. The third-order valence-corrected chi connectivity index (χ3v) is 4.37. The Hall–Kier alpha value is -1.03. The minimum absolute atomic E-state index is 0.589. The largest absolute Gasteiger partial charge is 0.354 e. The van der Waals surface area contributed by atoms with Gasteiger partial charge in [-0.05, 0) is 40.5 Å². The van der Waals surface area contributed by atoms with Crippen molar-refractivity contribution in [2.45, 2.75) is 71.5 Å². The zero-order valence-corrected chi connectivity index (χ0v) is 13.5. The first-order valence-electron chi connectivity index (χ1n) is 8.12. The lowest BCUT2D eigenvalue weighted by Crippen LogP contribution is -2.40. The van der Waals surface area contributed by atoms with Crippen molar-refractivity contribution in [1.82, 2.24) is 14.5 Å². The van der Waals surface area contributed by atoms with E-state index in [0.29, 0.717) is 18.1 Å². The highest BCUT2D eigenvalue weighted by Crippen LogP contribution is 2.31. The fourth-order valence-electron chi connectivity index (χ4n) is 3.34. The zero-order chi connectivity index (χ0) is 14.5. The normalized spacial score (nSPS) is 16.8. The standard InChI is InChI=1S/C16H30N4/c1-13(2)19(14(3)4)11-9-17-16-18-10-12-20(16)15-7-5-6-8-15/h10,12-15H,5-9,11H2,1-4H3,(H,17,18). The van der Waals surface area contributed by atoms with Gasteiger partial charge in [-0.2, -0.15) is 0 Å². The number of hydrogen-bond donors (Lipinski definition) is 1. The van der Waals surface area contributed by atoms with Crippen molar-refractivity contribution in [2.24, 2.45) is 0 Å². The van der Waals surface area contributed by atoms with E-state index in [1.54, 1.807) is 0 Å². The molecule has 1 aliphatic rings. The van der Waals surface area contributed by atoms with Gasteiger partial charge >= 0.3 is 0 Å². The average Bonchev–Trinajstić information content (AvgIpc) is 3.03. The number of anilines is 1. The Morgan fingerprint density at radius 1 is 1.25 bits per heavy atom. The molecular formula is C16H30N4. The minimum Gasteiger partial charge on any atom is -0.354 e. The van der Waals surface area contributed by atoms with Crippen molar-refractivity contribution in [2.75, 3.05) is 18.4 Å². The monoisotopic (exact) mass is 278 g/mol. The van der Waals surface area contributed by atoms with Crippen LogP contribution in [0.2, 0.25) is 0 Å². The van der Waals surface area contributed by atoms with Gasteiger partial charge in [0.05, 0.1) is 0 Å². The molecule has 0 aliphatic heterocycles. The van der Waals surface area contributed by atoms with Gasteiger partial charge in [0.25, 0.3) is 0 Å². The average molecular weight is 278 g/mol. The van der Waals surface area contributed by atoms with Crippen LogP contribution in [0.4, 0.5) is 5.95 Å². The van der Waals surface area contributed by atoms with Crippen LogP contribution < -0.4 is 5.32 Å². The van der Waals surface area contributed by atoms with Crippen LogP contribution in [-0.2, 0) is 0 Å². The van der Waals surface area contributed by atoms with E-state index in [9.17, 15) is 0 Å². The first-order valence-corrected chi connectivity index (χ1v) is 8.12. The first-order chi connectivity index (χ1) is 9.59. The van der Waals surface area contributed by atoms with Crippen LogP contribution in [0.15, 0.2) is 12.4 Å². The van der Waals surface area contributed by atoms with Gasteiger partial charge in [-0.25, -0.2) is 4.98 Å². The van der Waals surface area contributed by atoms with Crippen LogP contribution in [0.3, 0.4) is 0 Å². The molecule has 0 radical (unpaired) electrons. The van der Waals surface area contributed by atoms with Crippen molar-refractivity contribution >= 4 is 5.95 Å². The molecular weight excluding hydrogens is 248 g/mol. The van der Waals surface area contributed by atoms with Crippen LogP contribution >= 0.6 is 0 Å². The molecule has 1 fully saturated rings.